The molecule has 0 unspecified atom stereocenters. The van der Waals surface area contributed by atoms with Gasteiger partial charge in [0.15, 0.2) is 5.82 Å². The molecule has 6 nitrogen and oxygen atoms in total. The fourth-order valence-corrected chi connectivity index (χ4v) is 3.38. The van der Waals surface area contributed by atoms with Gasteiger partial charge in [0.1, 0.15) is 12.4 Å². The van der Waals surface area contributed by atoms with E-state index in [1.165, 1.54) is 44.7 Å². The Bertz CT molecular complexity index is 565. The first-order chi connectivity index (χ1) is 10.8. The number of likely N-dealkylation sites (tertiary alicyclic amines) is 1. The van der Waals surface area contributed by atoms with Crippen LogP contribution in [0.2, 0.25) is 0 Å². The summed E-state index contributed by atoms with van der Waals surface area (Å²) in [7, 11) is 0. The van der Waals surface area contributed by atoms with E-state index in [-0.39, 0.29) is 0 Å². The number of hydrogen-bond donors (Lipinski definition) is 0. The van der Waals surface area contributed by atoms with Gasteiger partial charge >= 0.3 is 0 Å². The minimum absolute atomic E-state index is 0.548. The van der Waals surface area contributed by atoms with Crippen molar-refractivity contribution in [1.82, 2.24) is 29.4 Å². The zero-order chi connectivity index (χ0) is 15.4. The van der Waals surface area contributed by atoms with Crippen LogP contribution in [0.15, 0.2) is 18.5 Å². The van der Waals surface area contributed by atoms with Gasteiger partial charge in [-0.3, -0.25) is 4.68 Å². The highest BCUT2D eigenvalue weighted by molar-refractivity contribution is 5.04. The number of piperidine rings is 1. The molecule has 0 aliphatic carbocycles. The zero-order valence-electron chi connectivity index (χ0n) is 13.6. The van der Waals surface area contributed by atoms with E-state index in [9.17, 15) is 0 Å². The average molecular weight is 302 g/mol. The lowest BCUT2D eigenvalue weighted by Crippen LogP contribution is -2.34. The van der Waals surface area contributed by atoms with Gasteiger partial charge in [0, 0.05) is 24.9 Å². The second-order valence-corrected chi connectivity index (χ2v) is 6.04. The van der Waals surface area contributed by atoms with Crippen LogP contribution < -0.4 is 0 Å². The van der Waals surface area contributed by atoms with Crippen molar-refractivity contribution in [1.29, 1.82) is 0 Å². The van der Waals surface area contributed by atoms with Gasteiger partial charge < -0.3 is 9.47 Å². The molecule has 6 heteroatoms. The highest BCUT2D eigenvalue weighted by Gasteiger charge is 2.25. The maximum Gasteiger partial charge on any atom is 0.154 e. The van der Waals surface area contributed by atoms with Crippen LogP contribution in [-0.4, -0.2) is 49.1 Å². The van der Waals surface area contributed by atoms with Gasteiger partial charge in [-0.05, 0) is 51.9 Å². The molecule has 3 rings (SSSR count). The lowest BCUT2D eigenvalue weighted by molar-refractivity contribution is 0.208. The SMILES string of the molecule is CCCN1CCC(c2nnc(Cn3cccn3)n2CC)CC1. The topological polar surface area (TPSA) is 51.8 Å². The molecule has 2 aromatic rings. The normalized spacial score (nSPS) is 17.2. The molecule has 22 heavy (non-hydrogen) atoms. The smallest absolute Gasteiger partial charge is 0.154 e. The Balaban J connectivity index is 1.70. The Kier molecular flexibility index (Phi) is 4.87. The van der Waals surface area contributed by atoms with E-state index in [4.69, 9.17) is 0 Å². The van der Waals surface area contributed by atoms with Crippen molar-refractivity contribution in [2.75, 3.05) is 19.6 Å². The molecule has 0 N–H and O–H groups in total. The molecule has 0 radical (unpaired) electrons. The molecule has 0 bridgehead atoms. The van der Waals surface area contributed by atoms with Crippen molar-refractivity contribution < 1.29 is 0 Å². The van der Waals surface area contributed by atoms with E-state index in [1.807, 2.05) is 16.9 Å². The van der Waals surface area contributed by atoms with Gasteiger partial charge in [0.2, 0.25) is 0 Å². The van der Waals surface area contributed by atoms with Gasteiger partial charge in [-0.25, -0.2) is 0 Å². The van der Waals surface area contributed by atoms with Crippen LogP contribution >= 0.6 is 0 Å². The van der Waals surface area contributed by atoms with E-state index < -0.39 is 0 Å². The first kappa shape index (κ1) is 15.2. The predicted octanol–water partition coefficient (Wildman–Crippen LogP) is 2.13. The Labute approximate surface area is 132 Å². The summed E-state index contributed by atoms with van der Waals surface area (Å²) in [5, 5.41) is 13.2. The monoisotopic (exact) mass is 302 g/mol. The number of hydrogen-bond acceptors (Lipinski definition) is 4. The van der Waals surface area contributed by atoms with Crippen molar-refractivity contribution in [2.24, 2.45) is 0 Å². The van der Waals surface area contributed by atoms with Crippen molar-refractivity contribution in [2.45, 2.75) is 52.1 Å². The van der Waals surface area contributed by atoms with Gasteiger partial charge in [0.25, 0.3) is 0 Å². The predicted molar refractivity (Wildman–Crippen MR) is 85.7 cm³/mol. The van der Waals surface area contributed by atoms with E-state index in [0.29, 0.717) is 12.5 Å². The Hall–Kier alpha value is -1.69. The molecule has 120 valence electrons. The van der Waals surface area contributed by atoms with Gasteiger partial charge in [0.05, 0.1) is 0 Å². The second-order valence-electron chi connectivity index (χ2n) is 6.04. The molecule has 3 heterocycles. The number of aromatic nitrogens is 5. The summed E-state index contributed by atoms with van der Waals surface area (Å²) in [6.45, 7) is 9.63. The van der Waals surface area contributed by atoms with Crippen LogP contribution in [0.4, 0.5) is 0 Å². The molecule has 0 amide bonds. The van der Waals surface area contributed by atoms with Crippen molar-refractivity contribution in [3.05, 3.63) is 30.1 Å². The van der Waals surface area contributed by atoms with Crippen LogP contribution in [-0.2, 0) is 13.1 Å². The summed E-state index contributed by atoms with van der Waals surface area (Å²) < 4.78 is 4.19. The third kappa shape index (κ3) is 3.21. The molecule has 1 saturated heterocycles. The summed E-state index contributed by atoms with van der Waals surface area (Å²) in [6, 6.07) is 1.94. The summed E-state index contributed by atoms with van der Waals surface area (Å²) >= 11 is 0. The van der Waals surface area contributed by atoms with Crippen LogP contribution in [0.3, 0.4) is 0 Å². The molecule has 1 aliphatic heterocycles. The summed E-state index contributed by atoms with van der Waals surface area (Å²) in [4.78, 5) is 2.56. The van der Waals surface area contributed by atoms with Gasteiger partial charge in [-0.2, -0.15) is 5.10 Å². The summed E-state index contributed by atoms with van der Waals surface area (Å²) in [5.74, 6) is 2.73. The molecule has 2 aromatic heterocycles. The fourth-order valence-electron chi connectivity index (χ4n) is 3.38. The zero-order valence-corrected chi connectivity index (χ0v) is 13.6. The minimum atomic E-state index is 0.548. The number of rotatable bonds is 6. The van der Waals surface area contributed by atoms with Crippen molar-refractivity contribution >= 4 is 0 Å². The maximum atomic E-state index is 4.52. The Morgan fingerprint density at radius 2 is 2.00 bits per heavy atom. The molecule has 1 fully saturated rings. The van der Waals surface area contributed by atoms with Gasteiger partial charge in [-0.1, -0.05) is 6.92 Å². The third-order valence-corrected chi connectivity index (χ3v) is 4.53. The minimum Gasteiger partial charge on any atom is -0.313 e. The van der Waals surface area contributed by atoms with E-state index >= 15 is 0 Å². The lowest BCUT2D eigenvalue weighted by Gasteiger charge is -2.31. The van der Waals surface area contributed by atoms with E-state index in [0.717, 1.165) is 12.4 Å². The number of nitrogens with zero attached hydrogens (tertiary/aromatic N) is 6. The Morgan fingerprint density at radius 3 is 2.64 bits per heavy atom. The summed E-state index contributed by atoms with van der Waals surface area (Å²) in [6.07, 6.45) is 7.40. The first-order valence-electron chi connectivity index (χ1n) is 8.43. The largest absolute Gasteiger partial charge is 0.313 e. The third-order valence-electron chi connectivity index (χ3n) is 4.53. The molecule has 0 saturated carbocycles. The molecule has 0 spiro atoms. The van der Waals surface area contributed by atoms with Gasteiger partial charge in [-0.15, -0.1) is 10.2 Å². The molecular weight excluding hydrogens is 276 g/mol. The van der Waals surface area contributed by atoms with E-state index in [2.05, 4.69) is 38.6 Å². The van der Waals surface area contributed by atoms with Crippen molar-refractivity contribution in [3.63, 3.8) is 0 Å². The molecule has 0 atom stereocenters. The quantitative estimate of drug-likeness (QED) is 0.820. The molecule has 1 aliphatic rings. The average Bonchev–Trinajstić information content (AvgIpc) is 3.18. The first-order valence-corrected chi connectivity index (χ1v) is 8.43. The van der Waals surface area contributed by atoms with E-state index in [1.54, 1.807) is 6.20 Å². The second kappa shape index (κ2) is 7.05. The Morgan fingerprint density at radius 1 is 1.18 bits per heavy atom. The van der Waals surface area contributed by atoms with Crippen LogP contribution in [0.5, 0.6) is 0 Å². The molecule has 0 aromatic carbocycles. The highest BCUT2D eigenvalue weighted by Crippen LogP contribution is 2.27. The van der Waals surface area contributed by atoms with Crippen molar-refractivity contribution in [3.8, 4) is 0 Å². The fraction of sp³-hybridized carbons (Fsp3) is 0.688. The van der Waals surface area contributed by atoms with Crippen LogP contribution in [0, 0.1) is 0 Å². The highest BCUT2D eigenvalue weighted by atomic mass is 15.3. The summed E-state index contributed by atoms with van der Waals surface area (Å²) in [5.41, 5.74) is 0. The maximum absolute atomic E-state index is 4.52. The van der Waals surface area contributed by atoms with Crippen LogP contribution in [0.25, 0.3) is 0 Å². The molecular formula is C16H26N6. The standard InChI is InChI=1S/C16H26N6/c1-3-9-20-11-6-14(7-12-20)16-19-18-15(22(16)4-2)13-21-10-5-8-17-21/h5,8,10,14H,3-4,6-7,9,11-13H2,1-2H3. The lowest BCUT2D eigenvalue weighted by atomic mass is 9.96. The van der Waals surface area contributed by atoms with Crippen LogP contribution in [0.1, 0.15) is 50.7 Å².